The summed E-state index contributed by atoms with van der Waals surface area (Å²) in [5.41, 5.74) is -3.68. The van der Waals surface area contributed by atoms with E-state index < -0.39 is 35.1 Å². The lowest BCUT2D eigenvalue weighted by molar-refractivity contribution is -0.143. The summed E-state index contributed by atoms with van der Waals surface area (Å²) in [7, 11) is 1.88. The van der Waals surface area contributed by atoms with Crippen LogP contribution in [0.15, 0.2) is 18.2 Å². The summed E-state index contributed by atoms with van der Waals surface area (Å²) in [6.07, 6.45) is -3.25. The van der Waals surface area contributed by atoms with Crippen molar-refractivity contribution in [2.24, 2.45) is 5.92 Å². The molecule has 1 aromatic rings. The fraction of sp³-hybridized carbons (Fsp3) is 0.667. The summed E-state index contributed by atoms with van der Waals surface area (Å²) < 4.78 is 78.2. The molecule has 0 unspecified atom stereocenters. The number of hydrogen-bond acceptors (Lipinski definition) is 3. The van der Waals surface area contributed by atoms with Gasteiger partial charge in [0.15, 0.2) is 0 Å². The van der Waals surface area contributed by atoms with Crippen molar-refractivity contribution in [2.45, 2.75) is 75.7 Å². The summed E-state index contributed by atoms with van der Waals surface area (Å²) >= 11 is 0. The fourth-order valence-electron chi connectivity index (χ4n) is 5.03. The number of piperidine rings is 1. The van der Waals surface area contributed by atoms with E-state index in [-0.39, 0.29) is 29.9 Å². The molecule has 5 nitrogen and oxygen atoms in total. The molecule has 3 rings (SSSR count). The van der Waals surface area contributed by atoms with Gasteiger partial charge in [0, 0.05) is 37.2 Å². The molecule has 2 N–H and O–H groups in total. The highest BCUT2D eigenvalue weighted by Crippen LogP contribution is 2.38. The Morgan fingerprint density at radius 2 is 1.49 bits per heavy atom. The van der Waals surface area contributed by atoms with Gasteiger partial charge in [0.1, 0.15) is 0 Å². The lowest BCUT2D eigenvalue weighted by Gasteiger charge is -2.39. The van der Waals surface area contributed by atoms with Gasteiger partial charge in [-0.3, -0.25) is 9.59 Å². The van der Waals surface area contributed by atoms with Crippen LogP contribution < -0.4 is 10.6 Å². The van der Waals surface area contributed by atoms with Crippen LogP contribution in [0.2, 0.25) is 0 Å². The zero-order valence-electron chi connectivity index (χ0n) is 19.6. The maximum atomic E-state index is 13.0. The Morgan fingerprint density at radius 3 is 1.97 bits per heavy atom. The first-order valence-electron chi connectivity index (χ1n) is 11.9. The van der Waals surface area contributed by atoms with E-state index in [4.69, 9.17) is 0 Å². The van der Waals surface area contributed by atoms with Crippen molar-refractivity contribution in [3.05, 3.63) is 29.3 Å². The minimum absolute atomic E-state index is 0.0217. The molecule has 0 atom stereocenters. The zero-order chi connectivity index (χ0) is 25.9. The average molecular weight is 508 g/mol. The third-order valence-corrected chi connectivity index (χ3v) is 7.14. The van der Waals surface area contributed by atoms with Gasteiger partial charge in [-0.2, -0.15) is 26.3 Å². The molecule has 1 saturated carbocycles. The first-order chi connectivity index (χ1) is 16.3. The normalized spacial score (nSPS) is 19.5. The van der Waals surface area contributed by atoms with Crippen molar-refractivity contribution in [2.75, 3.05) is 25.5 Å². The van der Waals surface area contributed by atoms with Gasteiger partial charge in [-0.15, -0.1) is 0 Å². The predicted molar refractivity (Wildman–Crippen MR) is 118 cm³/mol. The number of rotatable bonds is 6. The Kier molecular flexibility index (Phi) is 8.39. The second kappa shape index (κ2) is 10.8. The van der Waals surface area contributed by atoms with Crippen LogP contribution in [0.4, 0.5) is 32.0 Å². The standard InChI is InChI=1S/C24H31F6N3O2/c1-31-22(7-3-2-4-8-22)15-21(35)33-9-5-16(6-10-33)11-20(34)32-19-13-17(23(25,26)27)12-18(14-19)24(28,29)30/h12-14,16,31H,2-11,15H2,1H3,(H,32,34). The molecule has 1 heterocycles. The number of carbonyl (C=O) groups excluding carboxylic acids is 2. The number of nitrogens with zero attached hydrogens (tertiary/aromatic N) is 1. The van der Waals surface area contributed by atoms with E-state index in [9.17, 15) is 35.9 Å². The topological polar surface area (TPSA) is 61.4 Å². The number of hydrogen-bond donors (Lipinski definition) is 2. The first-order valence-corrected chi connectivity index (χ1v) is 11.9. The molecular weight excluding hydrogens is 476 g/mol. The van der Waals surface area contributed by atoms with E-state index >= 15 is 0 Å². The lowest BCUT2D eigenvalue weighted by atomic mass is 9.79. The number of likely N-dealkylation sites (tertiary alicyclic amines) is 1. The van der Waals surface area contributed by atoms with Gasteiger partial charge in [-0.1, -0.05) is 19.3 Å². The Labute approximate surface area is 200 Å². The fourth-order valence-corrected chi connectivity index (χ4v) is 5.03. The molecule has 0 aromatic heterocycles. The van der Waals surface area contributed by atoms with Crippen molar-refractivity contribution in [1.82, 2.24) is 10.2 Å². The Bertz CT molecular complexity index is 869. The number of alkyl halides is 6. The summed E-state index contributed by atoms with van der Waals surface area (Å²) in [5, 5.41) is 5.52. The monoisotopic (exact) mass is 507 g/mol. The smallest absolute Gasteiger partial charge is 0.343 e. The molecule has 0 bridgehead atoms. The first kappa shape index (κ1) is 27.3. The van der Waals surface area contributed by atoms with Crippen LogP contribution in [0.25, 0.3) is 0 Å². The second-order valence-corrected chi connectivity index (χ2v) is 9.64. The highest BCUT2D eigenvalue weighted by Gasteiger charge is 2.38. The minimum atomic E-state index is -4.98. The number of halogens is 6. The molecule has 1 aromatic carbocycles. The van der Waals surface area contributed by atoms with Gasteiger partial charge in [-0.25, -0.2) is 0 Å². The molecule has 0 radical (unpaired) electrons. The van der Waals surface area contributed by atoms with Crippen LogP contribution in [-0.2, 0) is 21.9 Å². The largest absolute Gasteiger partial charge is 0.416 e. The summed E-state index contributed by atoms with van der Waals surface area (Å²) in [5.74, 6) is -0.703. The Morgan fingerprint density at radius 1 is 0.943 bits per heavy atom. The molecule has 2 fully saturated rings. The van der Waals surface area contributed by atoms with Crippen LogP contribution in [0.3, 0.4) is 0 Å². The van der Waals surface area contributed by atoms with E-state index in [1.54, 1.807) is 4.90 Å². The highest BCUT2D eigenvalue weighted by atomic mass is 19.4. The molecule has 1 aliphatic heterocycles. The van der Waals surface area contributed by atoms with E-state index in [1.165, 1.54) is 6.42 Å². The average Bonchev–Trinajstić information content (AvgIpc) is 2.78. The molecule has 2 amide bonds. The third kappa shape index (κ3) is 7.35. The van der Waals surface area contributed by atoms with Gasteiger partial charge in [-0.05, 0) is 56.8 Å². The van der Waals surface area contributed by atoms with Gasteiger partial charge in [0.2, 0.25) is 11.8 Å². The number of benzene rings is 1. The number of carbonyl (C=O) groups is 2. The lowest BCUT2D eigenvalue weighted by Crippen LogP contribution is -2.50. The second-order valence-electron chi connectivity index (χ2n) is 9.64. The molecule has 35 heavy (non-hydrogen) atoms. The van der Waals surface area contributed by atoms with Gasteiger partial charge in [0.25, 0.3) is 0 Å². The maximum absolute atomic E-state index is 13.0. The highest BCUT2D eigenvalue weighted by molar-refractivity contribution is 5.91. The van der Waals surface area contributed by atoms with Crippen LogP contribution in [0.5, 0.6) is 0 Å². The van der Waals surface area contributed by atoms with Crippen molar-refractivity contribution in [1.29, 1.82) is 0 Å². The SMILES string of the molecule is CNC1(CC(=O)N2CCC(CC(=O)Nc3cc(C(F)(F)F)cc(C(F)(F)F)c3)CC2)CCCCC1. The van der Waals surface area contributed by atoms with E-state index in [2.05, 4.69) is 10.6 Å². The third-order valence-electron chi connectivity index (χ3n) is 7.14. The molecule has 1 saturated heterocycles. The molecular formula is C24H31F6N3O2. The molecule has 0 spiro atoms. The van der Waals surface area contributed by atoms with Crippen LogP contribution in [0.1, 0.15) is 68.9 Å². The van der Waals surface area contributed by atoms with Crippen LogP contribution in [-0.4, -0.2) is 42.4 Å². The predicted octanol–water partition coefficient (Wildman–Crippen LogP) is 5.60. The van der Waals surface area contributed by atoms with Crippen molar-refractivity contribution >= 4 is 17.5 Å². The molecule has 196 valence electrons. The number of nitrogens with one attached hydrogen (secondary N) is 2. The molecule has 11 heteroatoms. The van der Waals surface area contributed by atoms with Crippen molar-refractivity contribution in [3.63, 3.8) is 0 Å². The van der Waals surface area contributed by atoms with Crippen molar-refractivity contribution in [3.8, 4) is 0 Å². The zero-order valence-corrected chi connectivity index (χ0v) is 19.6. The van der Waals surface area contributed by atoms with E-state index in [0.29, 0.717) is 44.5 Å². The molecule has 1 aliphatic carbocycles. The Hall–Kier alpha value is -2.30. The summed E-state index contributed by atoms with van der Waals surface area (Å²) in [6, 6.07) is 1.02. The van der Waals surface area contributed by atoms with Gasteiger partial charge < -0.3 is 15.5 Å². The summed E-state index contributed by atoms with van der Waals surface area (Å²) in [4.78, 5) is 27.0. The maximum Gasteiger partial charge on any atom is 0.416 e. The van der Waals surface area contributed by atoms with E-state index in [0.717, 1.165) is 25.7 Å². The van der Waals surface area contributed by atoms with Crippen molar-refractivity contribution < 1.29 is 35.9 Å². The number of anilines is 1. The van der Waals surface area contributed by atoms with Crippen LogP contribution >= 0.6 is 0 Å². The molecule has 2 aliphatic rings. The quantitative estimate of drug-likeness (QED) is 0.493. The van der Waals surface area contributed by atoms with E-state index in [1.807, 2.05) is 7.05 Å². The summed E-state index contributed by atoms with van der Waals surface area (Å²) in [6.45, 7) is 0.941. The van der Waals surface area contributed by atoms with Gasteiger partial charge in [0.05, 0.1) is 11.1 Å². The van der Waals surface area contributed by atoms with Crippen LogP contribution in [0, 0.1) is 5.92 Å². The Balaban J connectivity index is 1.54. The number of amides is 2. The minimum Gasteiger partial charge on any atom is -0.343 e. The van der Waals surface area contributed by atoms with Gasteiger partial charge >= 0.3 is 12.4 Å².